The quantitative estimate of drug-likeness (QED) is 0.713. The first-order chi connectivity index (χ1) is 10.9. The molecule has 0 unspecified atom stereocenters. The van der Waals surface area contributed by atoms with E-state index in [-0.39, 0.29) is 19.0 Å². The summed E-state index contributed by atoms with van der Waals surface area (Å²) in [7, 11) is -3.42. The van der Waals surface area contributed by atoms with Crippen LogP contribution in [0.15, 0.2) is 43.1 Å². The highest BCUT2D eigenvalue weighted by molar-refractivity contribution is 7.88. The lowest BCUT2D eigenvalue weighted by atomic mass is 10.1. The smallest absolute Gasteiger partial charge is 0.235 e. The molecule has 0 bridgehead atoms. The van der Waals surface area contributed by atoms with E-state index in [1.54, 1.807) is 0 Å². The first-order valence-corrected chi connectivity index (χ1v) is 9.14. The van der Waals surface area contributed by atoms with Crippen LogP contribution in [0.5, 0.6) is 0 Å². The zero-order valence-electron chi connectivity index (χ0n) is 13.1. The Labute approximate surface area is 136 Å². The fourth-order valence-electron chi connectivity index (χ4n) is 2.35. The van der Waals surface area contributed by atoms with Gasteiger partial charge >= 0.3 is 0 Å². The second-order valence-electron chi connectivity index (χ2n) is 5.30. The summed E-state index contributed by atoms with van der Waals surface area (Å²) in [5.74, 6) is -0.322. The third-order valence-electron chi connectivity index (χ3n) is 3.51. The standard InChI is InChI=1S/C16H21N3O3S/c1-3-10-19(23(2,21)22)12-16(20)17-9-8-13-11-18-15-7-5-4-6-14(13)15/h3-7,11,18H,1,8-10,12H2,2H3,(H,17,20). The minimum atomic E-state index is -3.42. The number of amides is 1. The lowest BCUT2D eigenvalue weighted by Gasteiger charge is -2.17. The number of rotatable bonds is 8. The Hall–Kier alpha value is -2.12. The van der Waals surface area contributed by atoms with Crippen LogP contribution in [0.1, 0.15) is 5.56 Å². The molecule has 0 aliphatic carbocycles. The predicted octanol–water partition coefficient (Wildman–Crippen LogP) is 1.27. The number of nitrogens with one attached hydrogen (secondary N) is 2. The van der Waals surface area contributed by atoms with Gasteiger partial charge in [-0.1, -0.05) is 24.3 Å². The third kappa shape index (κ3) is 4.67. The molecule has 2 rings (SSSR count). The van der Waals surface area contributed by atoms with E-state index in [4.69, 9.17) is 0 Å². The van der Waals surface area contributed by atoms with Gasteiger partial charge in [0.15, 0.2) is 0 Å². The molecule has 124 valence electrons. The Morgan fingerprint density at radius 1 is 1.39 bits per heavy atom. The van der Waals surface area contributed by atoms with E-state index < -0.39 is 10.0 Å². The van der Waals surface area contributed by atoms with Gasteiger partial charge in [0.2, 0.25) is 15.9 Å². The van der Waals surface area contributed by atoms with Gasteiger partial charge in [-0.15, -0.1) is 6.58 Å². The van der Waals surface area contributed by atoms with Crippen LogP contribution in [0.2, 0.25) is 0 Å². The van der Waals surface area contributed by atoms with Crippen molar-refractivity contribution in [2.75, 3.05) is 25.9 Å². The molecule has 1 heterocycles. The summed E-state index contributed by atoms with van der Waals surface area (Å²) >= 11 is 0. The van der Waals surface area contributed by atoms with E-state index in [2.05, 4.69) is 16.9 Å². The van der Waals surface area contributed by atoms with Crippen molar-refractivity contribution in [2.24, 2.45) is 0 Å². The molecule has 23 heavy (non-hydrogen) atoms. The molecule has 0 radical (unpaired) electrons. The van der Waals surface area contributed by atoms with Crippen molar-refractivity contribution in [1.82, 2.24) is 14.6 Å². The molecule has 1 aromatic heterocycles. The fourth-order valence-corrected chi connectivity index (χ4v) is 3.08. The van der Waals surface area contributed by atoms with Crippen LogP contribution in [0.3, 0.4) is 0 Å². The third-order valence-corrected chi connectivity index (χ3v) is 4.73. The van der Waals surface area contributed by atoms with E-state index in [1.165, 1.54) is 6.08 Å². The van der Waals surface area contributed by atoms with Crippen LogP contribution < -0.4 is 5.32 Å². The highest BCUT2D eigenvalue weighted by atomic mass is 32.2. The largest absolute Gasteiger partial charge is 0.361 e. The van der Waals surface area contributed by atoms with Gasteiger partial charge in [-0.3, -0.25) is 4.79 Å². The van der Waals surface area contributed by atoms with Crippen LogP contribution in [0, 0.1) is 0 Å². The first kappa shape index (κ1) is 17.2. The van der Waals surface area contributed by atoms with Gasteiger partial charge in [0.25, 0.3) is 0 Å². The number of carbonyl (C=O) groups is 1. The summed E-state index contributed by atoms with van der Waals surface area (Å²) in [4.78, 5) is 15.1. The Morgan fingerprint density at radius 2 is 2.13 bits per heavy atom. The molecule has 1 aromatic carbocycles. The highest BCUT2D eigenvalue weighted by Crippen LogP contribution is 2.17. The van der Waals surface area contributed by atoms with Gasteiger partial charge in [-0.25, -0.2) is 8.42 Å². The van der Waals surface area contributed by atoms with Crippen LogP contribution in [-0.2, 0) is 21.2 Å². The topological polar surface area (TPSA) is 82.3 Å². The number of benzene rings is 1. The van der Waals surface area contributed by atoms with E-state index >= 15 is 0 Å². The maximum atomic E-state index is 11.9. The van der Waals surface area contributed by atoms with E-state index in [0.29, 0.717) is 13.0 Å². The molecular formula is C16H21N3O3S. The Bertz CT molecular complexity index is 796. The molecular weight excluding hydrogens is 314 g/mol. The number of aromatic nitrogens is 1. The van der Waals surface area contributed by atoms with Gasteiger partial charge in [0.05, 0.1) is 12.8 Å². The van der Waals surface area contributed by atoms with E-state index in [1.807, 2.05) is 30.5 Å². The van der Waals surface area contributed by atoms with Crippen molar-refractivity contribution in [3.8, 4) is 0 Å². The number of fused-ring (bicyclic) bond motifs is 1. The molecule has 2 N–H and O–H groups in total. The SMILES string of the molecule is C=CCN(CC(=O)NCCc1c[nH]c2ccccc12)S(C)(=O)=O. The molecule has 2 aromatic rings. The highest BCUT2D eigenvalue weighted by Gasteiger charge is 2.18. The Morgan fingerprint density at radius 3 is 2.83 bits per heavy atom. The summed E-state index contributed by atoms with van der Waals surface area (Å²) in [5.41, 5.74) is 2.18. The van der Waals surface area contributed by atoms with Crippen LogP contribution >= 0.6 is 0 Å². The zero-order valence-corrected chi connectivity index (χ0v) is 13.9. The van der Waals surface area contributed by atoms with Gasteiger partial charge in [-0.2, -0.15) is 4.31 Å². The number of hydrogen-bond donors (Lipinski definition) is 2. The predicted molar refractivity (Wildman–Crippen MR) is 91.6 cm³/mol. The van der Waals surface area contributed by atoms with Crippen LogP contribution in [0.25, 0.3) is 10.9 Å². The molecule has 1 amide bonds. The number of sulfonamides is 1. The lowest BCUT2D eigenvalue weighted by molar-refractivity contribution is -0.121. The number of para-hydroxylation sites is 1. The fraction of sp³-hybridized carbons (Fsp3) is 0.312. The van der Waals surface area contributed by atoms with Crippen molar-refractivity contribution in [3.63, 3.8) is 0 Å². The lowest BCUT2D eigenvalue weighted by Crippen LogP contribution is -2.40. The average molecular weight is 335 g/mol. The average Bonchev–Trinajstić information content (AvgIpc) is 2.89. The Kier molecular flexibility index (Phi) is 5.57. The molecule has 0 spiro atoms. The van der Waals surface area contributed by atoms with Crippen LogP contribution in [-0.4, -0.2) is 49.5 Å². The van der Waals surface area contributed by atoms with Crippen molar-refractivity contribution in [2.45, 2.75) is 6.42 Å². The summed E-state index contributed by atoms with van der Waals surface area (Å²) in [6.07, 6.45) is 5.14. The molecule has 0 aliphatic heterocycles. The second kappa shape index (κ2) is 7.43. The summed E-state index contributed by atoms with van der Waals surface area (Å²) in [5, 5.41) is 3.88. The van der Waals surface area contributed by atoms with Crippen LogP contribution in [0.4, 0.5) is 0 Å². The van der Waals surface area contributed by atoms with Gasteiger partial charge in [0, 0.05) is 30.2 Å². The summed E-state index contributed by atoms with van der Waals surface area (Å²) < 4.78 is 24.2. The monoisotopic (exact) mass is 335 g/mol. The van der Waals surface area contributed by atoms with E-state index in [9.17, 15) is 13.2 Å². The summed E-state index contributed by atoms with van der Waals surface area (Å²) in [6, 6.07) is 7.95. The second-order valence-corrected chi connectivity index (χ2v) is 7.29. The van der Waals surface area contributed by atoms with Crippen molar-refractivity contribution >= 4 is 26.8 Å². The maximum absolute atomic E-state index is 11.9. The minimum absolute atomic E-state index is 0.120. The number of carbonyl (C=O) groups excluding carboxylic acids is 1. The molecule has 0 saturated heterocycles. The maximum Gasteiger partial charge on any atom is 0.235 e. The molecule has 0 fully saturated rings. The van der Waals surface area contributed by atoms with Gasteiger partial charge in [0.1, 0.15) is 0 Å². The molecule has 0 atom stereocenters. The van der Waals surface area contributed by atoms with Crippen molar-refractivity contribution in [3.05, 3.63) is 48.7 Å². The Balaban J connectivity index is 1.88. The molecule has 0 aliphatic rings. The molecule has 0 saturated carbocycles. The minimum Gasteiger partial charge on any atom is -0.361 e. The molecule has 7 heteroatoms. The van der Waals surface area contributed by atoms with Crippen molar-refractivity contribution < 1.29 is 13.2 Å². The number of aromatic amines is 1. The molecule has 6 nitrogen and oxygen atoms in total. The number of nitrogens with zero attached hydrogens (tertiary/aromatic N) is 1. The van der Waals surface area contributed by atoms with Crippen molar-refractivity contribution in [1.29, 1.82) is 0 Å². The zero-order chi connectivity index (χ0) is 16.9. The number of hydrogen-bond acceptors (Lipinski definition) is 3. The van der Waals surface area contributed by atoms with Gasteiger partial charge in [-0.05, 0) is 18.1 Å². The van der Waals surface area contributed by atoms with E-state index in [0.717, 1.165) is 27.0 Å². The van der Waals surface area contributed by atoms with Gasteiger partial charge < -0.3 is 10.3 Å². The summed E-state index contributed by atoms with van der Waals surface area (Å²) in [6.45, 7) is 3.88. The normalized spacial score (nSPS) is 11.7. The number of H-pyrrole nitrogens is 1. The first-order valence-electron chi connectivity index (χ1n) is 7.29.